The molecular weight excluding hydrogens is 254 g/mol. The van der Waals surface area contributed by atoms with Crippen LogP contribution in [0.1, 0.15) is 31.9 Å². The van der Waals surface area contributed by atoms with E-state index in [0.717, 1.165) is 5.56 Å². The molecule has 0 saturated heterocycles. The summed E-state index contributed by atoms with van der Waals surface area (Å²) in [7, 11) is 0. The zero-order chi connectivity index (χ0) is 13.5. The minimum Gasteiger partial charge on any atom is -0.456 e. The van der Waals surface area contributed by atoms with E-state index in [2.05, 4.69) is 4.98 Å². The first-order valence-corrected chi connectivity index (χ1v) is 6.48. The molecule has 0 fully saturated rings. The van der Waals surface area contributed by atoms with E-state index >= 15 is 0 Å². The van der Waals surface area contributed by atoms with E-state index in [1.807, 2.05) is 6.92 Å². The van der Waals surface area contributed by atoms with Gasteiger partial charge >= 0.3 is 5.97 Å². The van der Waals surface area contributed by atoms with Crippen molar-refractivity contribution in [1.29, 1.82) is 0 Å². The van der Waals surface area contributed by atoms with Crippen LogP contribution in [0.15, 0.2) is 24.5 Å². The first kappa shape index (κ1) is 14.9. The van der Waals surface area contributed by atoms with E-state index in [9.17, 15) is 9.90 Å². The van der Waals surface area contributed by atoms with Crippen molar-refractivity contribution in [1.82, 2.24) is 4.98 Å². The number of hydrogen-bond acceptors (Lipinski definition) is 4. The number of esters is 1. The second-order valence-electron chi connectivity index (χ2n) is 4.12. The van der Waals surface area contributed by atoms with E-state index in [4.69, 9.17) is 16.3 Å². The predicted octanol–water partition coefficient (Wildman–Crippen LogP) is 2.31. The molecule has 1 aromatic rings. The molecule has 0 spiro atoms. The quantitative estimate of drug-likeness (QED) is 0.637. The molecule has 4 nitrogen and oxygen atoms in total. The monoisotopic (exact) mass is 271 g/mol. The Balaban J connectivity index is 2.72. The Bertz CT molecular complexity index is 370. The Hall–Kier alpha value is -1.13. The lowest BCUT2D eigenvalue weighted by Gasteiger charge is -2.21. The summed E-state index contributed by atoms with van der Waals surface area (Å²) in [4.78, 5) is 15.9. The van der Waals surface area contributed by atoms with Crippen LogP contribution in [0.5, 0.6) is 0 Å². The highest BCUT2D eigenvalue weighted by molar-refractivity contribution is 6.18. The number of carbonyl (C=O) groups is 1. The molecule has 1 heterocycles. The second-order valence-corrected chi connectivity index (χ2v) is 4.43. The molecule has 1 N–H and O–H groups in total. The summed E-state index contributed by atoms with van der Waals surface area (Å²) in [6.45, 7) is 3.41. The molecule has 0 bridgehead atoms. The fourth-order valence-corrected chi connectivity index (χ4v) is 1.93. The number of halogens is 1. The fourth-order valence-electron chi connectivity index (χ4n) is 1.69. The molecule has 3 atom stereocenters. The largest absolute Gasteiger partial charge is 0.456 e. The lowest BCUT2D eigenvalue weighted by atomic mass is 10.0. The van der Waals surface area contributed by atoms with Crippen molar-refractivity contribution < 1.29 is 14.6 Å². The van der Waals surface area contributed by atoms with Gasteiger partial charge in [0.2, 0.25) is 0 Å². The zero-order valence-corrected chi connectivity index (χ0v) is 11.3. The summed E-state index contributed by atoms with van der Waals surface area (Å²) >= 11 is 5.81. The molecule has 1 rings (SSSR count). The predicted molar refractivity (Wildman–Crippen MR) is 69.3 cm³/mol. The van der Waals surface area contributed by atoms with Crippen LogP contribution in [0.4, 0.5) is 0 Å². The molecule has 3 unspecified atom stereocenters. The van der Waals surface area contributed by atoms with E-state index in [0.29, 0.717) is 6.42 Å². The molecule has 0 amide bonds. The summed E-state index contributed by atoms with van der Waals surface area (Å²) in [6, 6.07) is 3.56. The molecule has 1 aromatic heterocycles. The van der Waals surface area contributed by atoms with Gasteiger partial charge in [0.1, 0.15) is 6.10 Å². The maximum atomic E-state index is 11.9. The number of hydrogen-bond donors (Lipinski definition) is 1. The Morgan fingerprint density at radius 1 is 1.61 bits per heavy atom. The van der Waals surface area contributed by atoms with Gasteiger partial charge in [0.15, 0.2) is 0 Å². The van der Waals surface area contributed by atoms with Crippen LogP contribution in [-0.2, 0) is 9.53 Å². The number of ether oxygens (including phenoxy) is 1. The maximum absolute atomic E-state index is 11.9. The number of carbonyl (C=O) groups excluding carboxylic acids is 1. The van der Waals surface area contributed by atoms with Crippen molar-refractivity contribution >= 4 is 17.6 Å². The van der Waals surface area contributed by atoms with Gasteiger partial charge in [-0.3, -0.25) is 9.78 Å². The molecule has 0 aliphatic heterocycles. The number of rotatable bonds is 6. The summed E-state index contributed by atoms with van der Waals surface area (Å²) < 4.78 is 5.33. The highest BCUT2D eigenvalue weighted by Crippen LogP contribution is 2.21. The van der Waals surface area contributed by atoms with Crippen LogP contribution in [0.3, 0.4) is 0 Å². The lowest BCUT2D eigenvalue weighted by molar-refractivity contribution is -0.157. The van der Waals surface area contributed by atoms with Gasteiger partial charge < -0.3 is 9.84 Å². The van der Waals surface area contributed by atoms with Gasteiger partial charge in [-0.05, 0) is 19.4 Å². The van der Waals surface area contributed by atoms with Crippen molar-refractivity contribution in [3.05, 3.63) is 30.1 Å². The average molecular weight is 272 g/mol. The van der Waals surface area contributed by atoms with Crippen LogP contribution in [0, 0.1) is 5.92 Å². The van der Waals surface area contributed by atoms with Gasteiger partial charge in [-0.25, -0.2) is 0 Å². The molecule has 0 saturated carbocycles. The number of nitrogens with zero attached hydrogens (tertiary/aromatic N) is 1. The van der Waals surface area contributed by atoms with Crippen LogP contribution >= 0.6 is 11.6 Å². The third-order valence-corrected chi connectivity index (χ3v) is 3.06. The molecule has 5 heteroatoms. The third-order valence-electron chi connectivity index (χ3n) is 2.78. The van der Waals surface area contributed by atoms with Crippen molar-refractivity contribution in [3.63, 3.8) is 0 Å². The number of aliphatic hydroxyl groups excluding tert-OH is 1. The average Bonchev–Trinajstić information content (AvgIpc) is 2.37. The molecule has 18 heavy (non-hydrogen) atoms. The van der Waals surface area contributed by atoms with Gasteiger partial charge in [0.05, 0.1) is 17.9 Å². The summed E-state index contributed by atoms with van der Waals surface area (Å²) in [5.41, 5.74) is 0.751. The van der Waals surface area contributed by atoms with Crippen molar-refractivity contribution in [2.75, 3.05) is 5.88 Å². The zero-order valence-electron chi connectivity index (χ0n) is 10.5. The Kier molecular flexibility index (Phi) is 6.09. The summed E-state index contributed by atoms with van der Waals surface area (Å²) in [5, 5.41) is 9.49. The van der Waals surface area contributed by atoms with Crippen molar-refractivity contribution in [2.24, 2.45) is 5.92 Å². The van der Waals surface area contributed by atoms with E-state index in [-0.39, 0.29) is 5.88 Å². The standard InChI is InChI=1S/C13H18ClNO3/c1-3-11(9(2)16)13(17)18-12(7-14)10-5-4-6-15-8-10/h4-6,8-9,11-12,16H,3,7H2,1-2H3. The van der Waals surface area contributed by atoms with Gasteiger partial charge in [-0.2, -0.15) is 0 Å². The fraction of sp³-hybridized carbons (Fsp3) is 0.538. The minimum atomic E-state index is -0.729. The first-order chi connectivity index (χ1) is 8.60. The molecular formula is C13H18ClNO3. The normalized spacial score (nSPS) is 15.8. The summed E-state index contributed by atoms with van der Waals surface area (Å²) in [5.74, 6) is -0.789. The van der Waals surface area contributed by atoms with Crippen LogP contribution in [0.2, 0.25) is 0 Å². The van der Waals surface area contributed by atoms with Crippen molar-refractivity contribution in [3.8, 4) is 0 Å². The number of pyridine rings is 1. The Morgan fingerprint density at radius 2 is 2.33 bits per heavy atom. The van der Waals surface area contributed by atoms with Crippen LogP contribution in [-0.4, -0.2) is 28.0 Å². The molecule has 0 aliphatic rings. The highest BCUT2D eigenvalue weighted by Gasteiger charge is 2.26. The van der Waals surface area contributed by atoms with E-state index < -0.39 is 24.1 Å². The van der Waals surface area contributed by atoms with Crippen molar-refractivity contribution in [2.45, 2.75) is 32.5 Å². The Labute approximate surface area is 112 Å². The summed E-state index contributed by atoms with van der Waals surface area (Å²) in [6.07, 6.45) is 2.52. The van der Waals surface area contributed by atoms with Gasteiger partial charge in [0, 0.05) is 18.0 Å². The smallest absolute Gasteiger partial charge is 0.312 e. The highest BCUT2D eigenvalue weighted by atomic mass is 35.5. The second kappa shape index (κ2) is 7.34. The molecule has 0 aliphatic carbocycles. The lowest BCUT2D eigenvalue weighted by Crippen LogP contribution is -2.28. The van der Waals surface area contributed by atoms with Gasteiger partial charge in [-0.1, -0.05) is 13.0 Å². The maximum Gasteiger partial charge on any atom is 0.312 e. The number of alkyl halides is 1. The molecule has 100 valence electrons. The van der Waals surface area contributed by atoms with Crippen LogP contribution < -0.4 is 0 Å². The number of aliphatic hydroxyl groups is 1. The molecule has 0 aromatic carbocycles. The third kappa shape index (κ3) is 3.96. The van der Waals surface area contributed by atoms with Gasteiger partial charge in [0.25, 0.3) is 0 Å². The number of aromatic nitrogens is 1. The first-order valence-electron chi connectivity index (χ1n) is 5.94. The molecule has 0 radical (unpaired) electrons. The Morgan fingerprint density at radius 3 is 2.78 bits per heavy atom. The minimum absolute atomic E-state index is 0.160. The SMILES string of the molecule is CCC(C(=O)OC(CCl)c1cccnc1)C(C)O. The topological polar surface area (TPSA) is 59.4 Å². The van der Waals surface area contributed by atoms with E-state index in [1.165, 1.54) is 0 Å². The van der Waals surface area contributed by atoms with Crippen LogP contribution in [0.25, 0.3) is 0 Å². The van der Waals surface area contributed by atoms with E-state index in [1.54, 1.807) is 31.5 Å². The van der Waals surface area contributed by atoms with Gasteiger partial charge in [-0.15, -0.1) is 11.6 Å².